The first-order chi connectivity index (χ1) is 16.3. The first kappa shape index (κ1) is 23.6. The molecule has 0 saturated heterocycles. The number of ether oxygens (including phenoxy) is 2. The van der Waals surface area contributed by atoms with Crippen molar-refractivity contribution in [3.63, 3.8) is 0 Å². The molecule has 9 heteroatoms. The van der Waals surface area contributed by atoms with E-state index < -0.39 is 22.0 Å². The Morgan fingerprint density at radius 3 is 2.50 bits per heavy atom. The first-order valence-corrected chi connectivity index (χ1v) is 12.2. The highest BCUT2D eigenvalue weighted by Gasteiger charge is 2.37. The van der Waals surface area contributed by atoms with Crippen molar-refractivity contribution >= 4 is 21.6 Å². The number of hydrogen-bond donors (Lipinski definition) is 1. The van der Waals surface area contributed by atoms with Crippen LogP contribution >= 0.6 is 0 Å². The van der Waals surface area contributed by atoms with E-state index in [9.17, 15) is 17.6 Å². The molecule has 0 bridgehead atoms. The largest absolute Gasteiger partial charge is 0.497 e. The molecule has 0 radical (unpaired) electrons. The Balaban J connectivity index is 1.55. The van der Waals surface area contributed by atoms with Gasteiger partial charge in [0.25, 0.3) is 15.9 Å². The van der Waals surface area contributed by atoms with Crippen molar-refractivity contribution in [2.75, 3.05) is 24.5 Å². The number of nitrogens with one attached hydrogen (secondary N) is 1. The normalized spacial score (nSPS) is 15.3. The zero-order chi connectivity index (χ0) is 24.3. The molecule has 7 nitrogen and oxygen atoms in total. The SMILES string of the molecule is COc1ccc(S(=O)(=O)N2C[C@H](C(=O)NCCc3ccc(F)cc3)Oc3cc(C)ccc32)cc1. The van der Waals surface area contributed by atoms with Crippen LogP contribution in [0, 0.1) is 12.7 Å². The van der Waals surface area contributed by atoms with Gasteiger partial charge in [-0.3, -0.25) is 9.10 Å². The van der Waals surface area contributed by atoms with Crippen LogP contribution in [0.3, 0.4) is 0 Å². The van der Waals surface area contributed by atoms with Gasteiger partial charge in [0.2, 0.25) is 0 Å². The van der Waals surface area contributed by atoms with E-state index in [4.69, 9.17) is 9.47 Å². The Hall–Kier alpha value is -3.59. The van der Waals surface area contributed by atoms with Crippen LogP contribution in [0.2, 0.25) is 0 Å². The van der Waals surface area contributed by atoms with E-state index in [1.807, 2.05) is 6.92 Å². The van der Waals surface area contributed by atoms with Gasteiger partial charge in [-0.25, -0.2) is 12.8 Å². The number of rotatable bonds is 7. The number of aryl methyl sites for hydroxylation is 1. The number of methoxy groups -OCH3 is 1. The summed E-state index contributed by atoms with van der Waals surface area (Å²) in [5, 5.41) is 2.79. The molecule has 0 spiro atoms. The lowest BCUT2D eigenvalue weighted by Gasteiger charge is -2.35. The number of anilines is 1. The highest BCUT2D eigenvalue weighted by molar-refractivity contribution is 7.92. The number of hydrogen-bond acceptors (Lipinski definition) is 5. The fourth-order valence-corrected chi connectivity index (χ4v) is 5.17. The molecule has 178 valence electrons. The van der Waals surface area contributed by atoms with Gasteiger partial charge in [-0.15, -0.1) is 0 Å². The number of carbonyl (C=O) groups is 1. The smallest absolute Gasteiger partial charge is 0.264 e. The van der Waals surface area contributed by atoms with Crippen LogP contribution in [0.4, 0.5) is 10.1 Å². The summed E-state index contributed by atoms with van der Waals surface area (Å²) in [4.78, 5) is 13.0. The highest BCUT2D eigenvalue weighted by Crippen LogP contribution is 2.38. The molecule has 0 saturated carbocycles. The third-order valence-electron chi connectivity index (χ3n) is 5.55. The topological polar surface area (TPSA) is 84.9 Å². The molecule has 1 aliphatic heterocycles. The second-order valence-electron chi connectivity index (χ2n) is 7.96. The summed E-state index contributed by atoms with van der Waals surface area (Å²) >= 11 is 0. The van der Waals surface area contributed by atoms with E-state index in [2.05, 4.69) is 5.32 Å². The van der Waals surface area contributed by atoms with Gasteiger partial charge < -0.3 is 14.8 Å². The number of sulfonamides is 1. The van der Waals surface area contributed by atoms with Crippen LogP contribution in [-0.2, 0) is 21.2 Å². The lowest BCUT2D eigenvalue weighted by Crippen LogP contribution is -2.51. The molecule has 3 aromatic rings. The second-order valence-corrected chi connectivity index (χ2v) is 9.82. The fourth-order valence-electron chi connectivity index (χ4n) is 3.70. The quantitative estimate of drug-likeness (QED) is 0.555. The molecule has 0 unspecified atom stereocenters. The van der Waals surface area contributed by atoms with E-state index >= 15 is 0 Å². The second kappa shape index (κ2) is 9.72. The van der Waals surface area contributed by atoms with Gasteiger partial charge in [0.15, 0.2) is 6.10 Å². The molecular weight excluding hydrogens is 459 g/mol. The number of benzene rings is 3. The summed E-state index contributed by atoms with van der Waals surface area (Å²) in [6.45, 7) is 1.99. The van der Waals surface area contributed by atoms with Crippen LogP contribution in [0.5, 0.6) is 11.5 Å². The molecule has 1 atom stereocenters. The molecule has 1 aliphatic rings. The van der Waals surface area contributed by atoms with Crippen LogP contribution in [0.25, 0.3) is 0 Å². The van der Waals surface area contributed by atoms with Crippen molar-refractivity contribution in [1.29, 1.82) is 0 Å². The van der Waals surface area contributed by atoms with E-state index in [-0.39, 0.29) is 17.3 Å². The number of nitrogens with zero attached hydrogens (tertiary/aromatic N) is 1. The molecule has 1 heterocycles. The Labute approximate surface area is 198 Å². The van der Waals surface area contributed by atoms with Crippen molar-refractivity contribution < 1.29 is 27.1 Å². The summed E-state index contributed by atoms with van der Waals surface area (Å²) in [6.07, 6.45) is -0.530. The molecule has 1 N–H and O–H groups in total. The van der Waals surface area contributed by atoms with Crippen molar-refractivity contribution in [3.8, 4) is 11.5 Å². The Bertz CT molecular complexity index is 1280. The monoisotopic (exact) mass is 484 g/mol. The number of fused-ring (bicyclic) bond motifs is 1. The Morgan fingerprint density at radius 2 is 1.82 bits per heavy atom. The van der Waals surface area contributed by atoms with Crippen molar-refractivity contribution in [2.45, 2.75) is 24.3 Å². The van der Waals surface area contributed by atoms with Crippen LogP contribution < -0.4 is 19.1 Å². The Morgan fingerprint density at radius 1 is 1.12 bits per heavy atom. The number of halogens is 1. The van der Waals surface area contributed by atoms with E-state index in [1.165, 1.54) is 35.7 Å². The van der Waals surface area contributed by atoms with Crippen molar-refractivity contribution in [3.05, 3.63) is 83.7 Å². The maximum absolute atomic E-state index is 13.5. The van der Waals surface area contributed by atoms with Gasteiger partial charge >= 0.3 is 0 Å². The molecule has 0 aromatic heterocycles. The summed E-state index contributed by atoms with van der Waals surface area (Å²) in [7, 11) is -2.46. The van der Waals surface area contributed by atoms with Gasteiger partial charge in [0.05, 0.1) is 24.2 Å². The number of carbonyl (C=O) groups excluding carboxylic acids is 1. The predicted molar refractivity (Wildman–Crippen MR) is 126 cm³/mol. The average molecular weight is 485 g/mol. The minimum atomic E-state index is -3.97. The van der Waals surface area contributed by atoms with Gasteiger partial charge in [-0.2, -0.15) is 0 Å². The summed E-state index contributed by atoms with van der Waals surface area (Å²) in [5.74, 6) is 0.108. The minimum absolute atomic E-state index is 0.0807. The maximum Gasteiger partial charge on any atom is 0.264 e. The summed E-state index contributed by atoms with van der Waals surface area (Å²) < 4.78 is 52.3. The standard InChI is InChI=1S/C25H25FN2O5S/c1-17-3-12-22-23(15-17)33-24(25(29)27-14-13-18-4-6-19(26)7-5-18)16-28(22)34(30,31)21-10-8-20(32-2)9-11-21/h3-12,15,24H,13-14,16H2,1-2H3,(H,27,29)/t24-/m1/s1. The van der Waals surface area contributed by atoms with Crippen molar-refractivity contribution in [1.82, 2.24) is 5.32 Å². The van der Waals surface area contributed by atoms with Crippen molar-refractivity contribution in [2.24, 2.45) is 0 Å². The zero-order valence-electron chi connectivity index (χ0n) is 18.8. The average Bonchev–Trinajstić information content (AvgIpc) is 2.84. The van der Waals surface area contributed by atoms with Gasteiger partial charge in [0, 0.05) is 6.54 Å². The molecule has 1 amide bonds. The zero-order valence-corrected chi connectivity index (χ0v) is 19.6. The first-order valence-electron chi connectivity index (χ1n) is 10.7. The highest BCUT2D eigenvalue weighted by atomic mass is 32.2. The fraction of sp³-hybridized carbons (Fsp3) is 0.240. The van der Waals surface area contributed by atoms with E-state index in [0.29, 0.717) is 30.2 Å². The maximum atomic E-state index is 13.5. The predicted octanol–water partition coefficient (Wildman–Crippen LogP) is 3.46. The third-order valence-corrected chi connectivity index (χ3v) is 7.34. The van der Waals surface area contributed by atoms with Gasteiger partial charge in [0.1, 0.15) is 17.3 Å². The third kappa shape index (κ3) is 4.99. The molecule has 0 aliphatic carbocycles. The lowest BCUT2D eigenvalue weighted by atomic mass is 10.1. The lowest BCUT2D eigenvalue weighted by molar-refractivity contribution is -0.127. The van der Waals surface area contributed by atoms with Crippen LogP contribution in [0.15, 0.2) is 71.6 Å². The minimum Gasteiger partial charge on any atom is -0.497 e. The molecule has 0 fully saturated rings. The Kier molecular flexibility index (Phi) is 6.74. The summed E-state index contributed by atoms with van der Waals surface area (Å²) in [5.41, 5.74) is 2.12. The van der Waals surface area contributed by atoms with Gasteiger partial charge in [-0.05, 0) is 73.0 Å². The molecule has 34 heavy (non-hydrogen) atoms. The molecule has 3 aromatic carbocycles. The molecule has 4 rings (SSSR count). The van der Waals surface area contributed by atoms with Crippen LogP contribution in [-0.4, -0.2) is 40.6 Å². The van der Waals surface area contributed by atoms with Crippen LogP contribution in [0.1, 0.15) is 11.1 Å². The molecular formula is C25H25FN2O5S. The van der Waals surface area contributed by atoms with E-state index in [0.717, 1.165) is 11.1 Å². The number of amides is 1. The van der Waals surface area contributed by atoms with E-state index in [1.54, 1.807) is 42.5 Å². The summed E-state index contributed by atoms with van der Waals surface area (Å²) in [6, 6.07) is 17.3. The van der Waals surface area contributed by atoms with Gasteiger partial charge in [-0.1, -0.05) is 18.2 Å².